The van der Waals surface area contributed by atoms with Gasteiger partial charge in [-0.3, -0.25) is 0 Å². The second-order valence-electron chi connectivity index (χ2n) is 3.15. The maximum absolute atomic E-state index is 13.4. The predicted octanol–water partition coefficient (Wildman–Crippen LogP) is 2.92. The monoisotopic (exact) mass is 252 g/mol. The number of hydrogen-bond acceptors (Lipinski definition) is 4. The van der Waals surface area contributed by atoms with Gasteiger partial charge < -0.3 is 0 Å². The average Bonchev–Trinajstić information content (AvgIpc) is 2.75. The van der Waals surface area contributed by atoms with Gasteiger partial charge in [0.1, 0.15) is 16.6 Å². The van der Waals surface area contributed by atoms with Crippen molar-refractivity contribution < 1.29 is 13.6 Å². The van der Waals surface area contributed by atoms with Gasteiger partial charge in [0.15, 0.2) is 0 Å². The van der Waals surface area contributed by atoms with Crippen LogP contribution < -0.4 is 0 Å². The van der Waals surface area contributed by atoms with Crippen LogP contribution in [0.25, 0.3) is 10.6 Å². The first-order chi connectivity index (χ1) is 8.22. The summed E-state index contributed by atoms with van der Waals surface area (Å²) in [6.45, 7) is 0.0655. The molecule has 0 amide bonds. The van der Waals surface area contributed by atoms with Crippen LogP contribution in [-0.4, -0.2) is 11.1 Å². The highest BCUT2D eigenvalue weighted by Crippen LogP contribution is 2.28. The first-order valence-corrected chi connectivity index (χ1v) is 5.52. The fourth-order valence-corrected chi connectivity index (χ4v) is 2.17. The number of rotatable bonds is 3. The van der Waals surface area contributed by atoms with E-state index in [4.69, 9.17) is 0 Å². The van der Waals surface area contributed by atoms with Crippen LogP contribution in [0.5, 0.6) is 0 Å². The van der Waals surface area contributed by atoms with Gasteiger partial charge in [0.05, 0.1) is 17.8 Å². The maximum Gasteiger partial charge on any atom is 0.235 e. The van der Waals surface area contributed by atoms with Crippen LogP contribution in [0, 0.1) is 11.6 Å². The number of halogens is 2. The van der Waals surface area contributed by atoms with Gasteiger partial charge in [-0.25, -0.2) is 18.6 Å². The molecule has 2 rings (SSSR count). The Morgan fingerprint density at radius 3 is 2.71 bits per heavy atom. The lowest BCUT2D eigenvalue weighted by Crippen LogP contribution is -1.89. The lowest BCUT2D eigenvalue weighted by atomic mass is 10.2. The number of aliphatic imine (C=N–C) groups is 1. The molecule has 0 saturated carbocycles. The average molecular weight is 252 g/mol. The molecule has 86 valence electrons. The van der Waals surface area contributed by atoms with Gasteiger partial charge in [-0.2, -0.15) is 4.99 Å². The summed E-state index contributed by atoms with van der Waals surface area (Å²) in [5.74, 6) is -1.32. The van der Waals surface area contributed by atoms with Gasteiger partial charge >= 0.3 is 0 Å². The molecule has 0 aliphatic rings. The van der Waals surface area contributed by atoms with Gasteiger partial charge in [0, 0.05) is 5.38 Å². The lowest BCUT2D eigenvalue weighted by molar-refractivity contribution is 0.562. The summed E-state index contributed by atoms with van der Waals surface area (Å²) in [6, 6.07) is 3.63. The van der Waals surface area contributed by atoms with Gasteiger partial charge in [0.2, 0.25) is 6.08 Å². The largest absolute Gasteiger partial charge is 0.239 e. The summed E-state index contributed by atoms with van der Waals surface area (Å²) in [5.41, 5.74) is 0.329. The maximum atomic E-state index is 13.4. The Hall–Kier alpha value is -1.91. The molecule has 1 aromatic carbocycles. The van der Waals surface area contributed by atoms with Gasteiger partial charge in [0.25, 0.3) is 0 Å². The van der Waals surface area contributed by atoms with E-state index in [-0.39, 0.29) is 17.1 Å². The van der Waals surface area contributed by atoms with Crippen molar-refractivity contribution in [2.24, 2.45) is 4.99 Å². The molecule has 17 heavy (non-hydrogen) atoms. The van der Waals surface area contributed by atoms with E-state index in [1.165, 1.54) is 24.3 Å². The molecule has 0 aliphatic heterocycles. The van der Waals surface area contributed by atoms with E-state index < -0.39 is 11.6 Å². The van der Waals surface area contributed by atoms with Crippen LogP contribution in [0.4, 0.5) is 8.78 Å². The number of thiazole rings is 1. The molecular formula is C11H6F2N2OS. The quantitative estimate of drug-likeness (QED) is 0.622. The first kappa shape index (κ1) is 11.6. The minimum absolute atomic E-state index is 0.0655. The second kappa shape index (κ2) is 4.95. The highest BCUT2D eigenvalue weighted by Gasteiger charge is 2.14. The third-order valence-electron chi connectivity index (χ3n) is 2.03. The molecule has 0 saturated heterocycles. The summed E-state index contributed by atoms with van der Waals surface area (Å²) in [5, 5.41) is 1.83. The van der Waals surface area contributed by atoms with Crippen LogP contribution in [0.15, 0.2) is 28.6 Å². The molecule has 0 unspecified atom stereocenters. The van der Waals surface area contributed by atoms with Crippen molar-refractivity contribution in [3.8, 4) is 10.6 Å². The third kappa shape index (κ3) is 2.43. The van der Waals surface area contributed by atoms with Crippen LogP contribution in [0.2, 0.25) is 0 Å². The Bertz CT molecular complexity index is 571. The minimum Gasteiger partial charge on any atom is -0.239 e. The smallest absolute Gasteiger partial charge is 0.235 e. The Kier molecular flexibility index (Phi) is 3.37. The first-order valence-electron chi connectivity index (χ1n) is 4.65. The van der Waals surface area contributed by atoms with E-state index in [0.29, 0.717) is 5.69 Å². The molecule has 2 aromatic rings. The zero-order valence-corrected chi connectivity index (χ0v) is 9.30. The number of isocyanates is 1. The number of aromatic nitrogens is 1. The molecule has 0 fully saturated rings. The summed E-state index contributed by atoms with van der Waals surface area (Å²) in [7, 11) is 0. The van der Waals surface area contributed by atoms with Crippen molar-refractivity contribution in [2.45, 2.75) is 6.54 Å². The van der Waals surface area contributed by atoms with Crippen molar-refractivity contribution in [3.63, 3.8) is 0 Å². The Morgan fingerprint density at radius 1 is 1.35 bits per heavy atom. The van der Waals surface area contributed by atoms with Crippen molar-refractivity contribution in [2.75, 3.05) is 0 Å². The number of benzene rings is 1. The Labute approximate surface area is 99.5 Å². The van der Waals surface area contributed by atoms with E-state index in [1.807, 2.05) is 0 Å². The molecule has 0 bridgehead atoms. The molecule has 0 radical (unpaired) electrons. The minimum atomic E-state index is -0.662. The predicted molar refractivity (Wildman–Crippen MR) is 59.3 cm³/mol. The lowest BCUT2D eigenvalue weighted by Gasteiger charge is -1.99. The molecular weight excluding hydrogens is 246 g/mol. The standard InChI is InChI=1S/C11H6F2N2OS/c12-8-2-1-3-9(13)10(8)11-15-7(5-17-11)4-14-6-16/h1-3,5H,4H2. The fraction of sp³-hybridized carbons (Fsp3) is 0.0909. The molecule has 1 aromatic heterocycles. The number of nitrogens with zero attached hydrogens (tertiary/aromatic N) is 2. The van der Waals surface area contributed by atoms with Crippen molar-refractivity contribution in [1.29, 1.82) is 0 Å². The summed E-state index contributed by atoms with van der Waals surface area (Å²) >= 11 is 1.10. The zero-order valence-electron chi connectivity index (χ0n) is 8.48. The summed E-state index contributed by atoms with van der Waals surface area (Å²) < 4.78 is 26.9. The molecule has 6 heteroatoms. The van der Waals surface area contributed by atoms with E-state index in [9.17, 15) is 13.6 Å². The SMILES string of the molecule is O=C=NCc1csc(-c2c(F)cccc2F)n1. The van der Waals surface area contributed by atoms with E-state index in [0.717, 1.165) is 11.3 Å². The van der Waals surface area contributed by atoms with Gasteiger partial charge in [-0.15, -0.1) is 11.3 Å². The van der Waals surface area contributed by atoms with Crippen molar-refractivity contribution >= 4 is 17.4 Å². The van der Waals surface area contributed by atoms with Gasteiger partial charge in [-0.1, -0.05) is 6.07 Å². The normalized spacial score (nSPS) is 10.0. The topological polar surface area (TPSA) is 42.3 Å². The molecule has 0 N–H and O–H groups in total. The van der Waals surface area contributed by atoms with Crippen LogP contribution in [0.3, 0.4) is 0 Å². The summed E-state index contributed by atoms with van der Waals surface area (Å²) in [6.07, 6.45) is 1.38. The van der Waals surface area contributed by atoms with Crippen molar-refractivity contribution in [3.05, 3.63) is 40.9 Å². The number of hydrogen-bond donors (Lipinski definition) is 0. The van der Waals surface area contributed by atoms with Crippen LogP contribution >= 0.6 is 11.3 Å². The Morgan fingerprint density at radius 2 is 2.06 bits per heavy atom. The van der Waals surface area contributed by atoms with E-state index in [2.05, 4.69) is 9.98 Å². The fourth-order valence-electron chi connectivity index (χ4n) is 1.31. The van der Waals surface area contributed by atoms with Crippen LogP contribution in [0.1, 0.15) is 5.69 Å². The highest BCUT2D eigenvalue weighted by atomic mass is 32.1. The molecule has 0 atom stereocenters. The molecule has 0 spiro atoms. The molecule has 0 aliphatic carbocycles. The summed E-state index contributed by atoms with van der Waals surface area (Å²) in [4.78, 5) is 17.3. The van der Waals surface area contributed by atoms with E-state index in [1.54, 1.807) is 5.38 Å². The van der Waals surface area contributed by atoms with Crippen molar-refractivity contribution in [1.82, 2.24) is 4.98 Å². The van der Waals surface area contributed by atoms with Crippen LogP contribution in [-0.2, 0) is 11.3 Å². The molecule has 1 heterocycles. The second-order valence-corrected chi connectivity index (χ2v) is 4.01. The third-order valence-corrected chi connectivity index (χ3v) is 2.94. The Balaban J connectivity index is 2.40. The number of carbonyl (C=O) groups excluding carboxylic acids is 1. The molecule has 3 nitrogen and oxygen atoms in total. The highest BCUT2D eigenvalue weighted by molar-refractivity contribution is 7.13. The van der Waals surface area contributed by atoms with E-state index >= 15 is 0 Å². The van der Waals surface area contributed by atoms with Gasteiger partial charge in [-0.05, 0) is 12.1 Å². The zero-order chi connectivity index (χ0) is 12.3.